The SMILES string of the molecule is COc1cc2nccc(Oc3ccc(NC(=O)C4(C(=O)NC56CC(C#N)(C5)C6)CC4)cc3)c2cc1OC.COc1cc2nccc(Oc3ccc(NC(=O)C45CC(C(=O)N6CC7CC7C6)(C4)C5)cc3)c2cc1OC.COc1cc2nccc(Oc3ccc(NC(=O)C45CC(C(=O)NC67CCC(CC6)C7)(C4)C5)cc3)c2cc1OC.COc1cc2nccc(Oc3ccc(NC(=O)C45CC(C(=O)NC6CC6)(C4)C5)cc3)c2cc1OC. The lowest BCUT2D eigenvalue weighted by molar-refractivity contribution is -0.212. The molecule has 8 aromatic carbocycles. The largest absolute Gasteiger partial charge is 0.493 e. The van der Waals surface area contributed by atoms with Crippen molar-refractivity contribution in [2.24, 2.45) is 61.1 Å². The molecule has 17 aliphatic carbocycles. The van der Waals surface area contributed by atoms with Gasteiger partial charge in [0.1, 0.15) is 51.4 Å². The third kappa shape index (κ3) is 17.1. The minimum absolute atomic E-state index is 0.00608. The molecule has 30 rings (SSSR count). The summed E-state index contributed by atoms with van der Waals surface area (Å²) in [7, 11) is 12.7. The van der Waals surface area contributed by atoms with Crippen LogP contribution in [-0.4, -0.2) is 159 Å². The van der Waals surface area contributed by atoms with Crippen LogP contribution in [0.15, 0.2) is 195 Å². The summed E-state index contributed by atoms with van der Waals surface area (Å²) in [5, 5.41) is 33.9. The number of pyridine rings is 4. The van der Waals surface area contributed by atoms with Crippen LogP contribution in [0.5, 0.6) is 92.0 Å². The molecular formula is C115H115N13O20. The van der Waals surface area contributed by atoms with E-state index in [-0.39, 0.29) is 85.4 Å². The lowest BCUT2D eigenvalue weighted by Gasteiger charge is -2.68. The number of benzene rings is 8. The van der Waals surface area contributed by atoms with Crippen LogP contribution in [0.1, 0.15) is 141 Å². The van der Waals surface area contributed by atoms with Gasteiger partial charge in [0.2, 0.25) is 47.3 Å². The summed E-state index contributed by atoms with van der Waals surface area (Å²) in [6.07, 6.45) is 25.1. The standard InChI is InChI=1S/C31H33N3O5.C29H29N3O5.C28H26N4O5.C27H27N3O5/c1-37-25-13-22-23(14-26(25)38-2)32-12-9-24(22)39-21-5-3-20(4-6-21)33-27(35)29-16-30(17-29,18-29)28(36)34-31-10-7-19(15-31)8-11-31;1-35-24-10-21-22(11-25(24)36-2)30-8-7-23(21)37-20-5-3-19(4-6-20)31-26(33)28-14-29(15-28,16-28)27(34)32-12-17-9-18(17)13-32;1-35-22-11-19-20(12-23(22)36-2)30-10-7-21(19)37-18-5-3-17(4-6-18)31-24(33)28(8-9-28)25(34)32-27-13-26(14-27,15-27)16-29;1-33-22-11-19-20(12-23(22)34-2)28-10-9-21(19)35-18-7-5-17(6-8-18)30-25(32)27-13-26(14-27,15-27)24(31)29-16-3-4-16/h3-6,9,12-14,19H,7-8,10-11,15-18H2,1-2H3,(H,33,35)(H,34,36);3-8,10-11,17-18H,9,12-16H2,1-2H3,(H,31,33);3-7,10-12H,8-9,13-15H2,1-2H3,(H,31,33)(H,32,34);5-12,16H,3-4,13-15H2,1-2H3,(H,29,31)(H,30,32). The van der Waals surface area contributed by atoms with Gasteiger partial charge >= 0.3 is 0 Å². The molecule has 8 amide bonds. The summed E-state index contributed by atoms with van der Waals surface area (Å²) in [6.45, 7) is 1.85. The van der Waals surface area contributed by atoms with Crippen LogP contribution in [0.25, 0.3) is 43.6 Å². The Morgan fingerprint density at radius 2 is 0.622 bits per heavy atom. The zero-order valence-electron chi connectivity index (χ0n) is 83.6. The predicted molar refractivity (Wildman–Crippen MR) is 547 cm³/mol. The fourth-order valence-electron chi connectivity index (χ4n) is 25.2. The van der Waals surface area contributed by atoms with E-state index < -0.39 is 16.2 Å². The highest BCUT2D eigenvalue weighted by Gasteiger charge is 2.78. The first-order valence-electron chi connectivity index (χ1n) is 50.6. The molecule has 5 heterocycles. The van der Waals surface area contributed by atoms with E-state index in [4.69, 9.17) is 56.8 Å². The van der Waals surface area contributed by atoms with Crippen molar-refractivity contribution in [2.75, 3.05) is 91.2 Å². The normalized spacial score (nSPS) is 26.7. The van der Waals surface area contributed by atoms with E-state index in [1.807, 2.05) is 115 Å². The van der Waals surface area contributed by atoms with Crippen LogP contribution in [0.3, 0.4) is 0 Å². The topological polar surface area (TPSA) is 410 Å². The van der Waals surface area contributed by atoms with Gasteiger partial charge in [-0.2, -0.15) is 5.26 Å². The number of nitrogens with one attached hydrogen (secondary N) is 7. The van der Waals surface area contributed by atoms with Crippen LogP contribution in [-0.2, 0) is 38.4 Å². The minimum Gasteiger partial charge on any atom is -0.493 e. The van der Waals surface area contributed by atoms with Crippen molar-refractivity contribution in [1.82, 2.24) is 40.8 Å². The lowest BCUT2D eigenvalue weighted by Crippen LogP contribution is -2.75. The number of ether oxygens (including phenoxy) is 12. The number of aromatic nitrogens is 4. The van der Waals surface area contributed by atoms with Gasteiger partial charge in [0.25, 0.3) is 0 Å². The quantitative estimate of drug-likeness (QED) is 0.0198. The van der Waals surface area contributed by atoms with E-state index in [1.54, 1.807) is 136 Å². The number of nitriles is 1. The molecule has 0 spiro atoms. The molecule has 12 aromatic rings. The molecule has 17 saturated carbocycles. The molecule has 33 heteroatoms. The lowest BCUT2D eigenvalue weighted by atomic mass is 9.34. The van der Waals surface area contributed by atoms with E-state index in [2.05, 4.69) is 68.1 Å². The molecular weight excluding hydrogens is 1880 g/mol. The summed E-state index contributed by atoms with van der Waals surface area (Å²) < 4.78 is 67.7. The number of methoxy groups -OCH3 is 8. The first-order valence-corrected chi connectivity index (χ1v) is 50.6. The molecule has 1 aliphatic heterocycles. The highest BCUT2D eigenvalue weighted by Crippen LogP contribution is 2.77. The van der Waals surface area contributed by atoms with Crippen molar-refractivity contribution in [3.8, 4) is 98.1 Å². The summed E-state index contributed by atoms with van der Waals surface area (Å²) in [5.74, 6) is 12.1. The van der Waals surface area contributed by atoms with E-state index in [9.17, 15) is 43.6 Å². The molecule has 18 fully saturated rings. The highest BCUT2D eigenvalue weighted by atomic mass is 16.5. The summed E-state index contributed by atoms with van der Waals surface area (Å²) >= 11 is 0. The molecule has 760 valence electrons. The Hall–Kier alpha value is -15.8. The molecule has 4 aromatic heterocycles. The van der Waals surface area contributed by atoms with Crippen molar-refractivity contribution in [3.05, 3.63) is 195 Å². The van der Waals surface area contributed by atoms with Crippen molar-refractivity contribution >= 4 is 114 Å². The van der Waals surface area contributed by atoms with Gasteiger partial charge in [0, 0.05) is 124 Å². The second-order valence-electron chi connectivity index (χ2n) is 43.6. The van der Waals surface area contributed by atoms with Gasteiger partial charge in [-0.15, -0.1) is 0 Å². The van der Waals surface area contributed by atoms with Gasteiger partial charge in [-0.25, -0.2) is 0 Å². The number of piperidine rings is 1. The average Bonchev–Trinajstić information content (AvgIpc) is 1.47. The summed E-state index contributed by atoms with van der Waals surface area (Å²) in [5.41, 5.74) is 1.98. The fourth-order valence-corrected chi connectivity index (χ4v) is 25.2. The number of hydrogen-bond donors (Lipinski definition) is 7. The summed E-state index contributed by atoms with van der Waals surface area (Å²) in [4.78, 5) is 123. The number of likely N-dealkylation sites (tertiary alicyclic amines) is 1. The Kier molecular flexibility index (Phi) is 23.6. The van der Waals surface area contributed by atoms with Gasteiger partial charge in [0.15, 0.2) is 46.0 Å². The van der Waals surface area contributed by atoms with Crippen LogP contribution in [0, 0.1) is 72.4 Å². The van der Waals surface area contributed by atoms with Gasteiger partial charge in [-0.05, 0) is 305 Å². The molecule has 18 aliphatic rings. The van der Waals surface area contributed by atoms with Crippen LogP contribution in [0.2, 0.25) is 0 Å². The Bertz CT molecular complexity index is 7380. The first kappa shape index (κ1) is 95.8. The number of carbonyl (C=O) groups excluding carboxylic acids is 8. The van der Waals surface area contributed by atoms with Gasteiger partial charge in [-0.3, -0.25) is 58.3 Å². The molecule has 2 unspecified atom stereocenters. The second kappa shape index (κ2) is 36.4. The number of hydrogen-bond acceptors (Lipinski definition) is 25. The smallest absolute Gasteiger partial charge is 0.240 e. The maximum absolute atomic E-state index is 13.1. The molecule has 0 radical (unpaired) electrons. The number of carbonyl (C=O) groups is 8. The predicted octanol–water partition coefficient (Wildman–Crippen LogP) is 19.0. The van der Waals surface area contributed by atoms with Crippen molar-refractivity contribution in [2.45, 2.75) is 158 Å². The number of fused-ring (bicyclic) bond motifs is 7. The molecule has 10 bridgehead atoms. The Balaban J connectivity index is 0.000000109. The van der Waals surface area contributed by atoms with E-state index in [0.29, 0.717) is 216 Å². The van der Waals surface area contributed by atoms with Crippen LogP contribution in [0.4, 0.5) is 22.7 Å². The van der Waals surface area contributed by atoms with Crippen LogP contribution >= 0.6 is 0 Å². The third-order valence-electron chi connectivity index (χ3n) is 33.7. The van der Waals surface area contributed by atoms with Crippen molar-refractivity contribution < 1.29 is 95.2 Å². The molecule has 1 saturated heterocycles. The van der Waals surface area contributed by atoms with E-state index in [1.165, 1.54) is 19.3 Å². The van der Waals surface area contributed by atoms with Gasteiger partial charge < -0.3 is 99.0 Å². The maximum Gasteiger partial charge on any atom is 0.240 e. The Morgan fingerprint density at radius 1 is 0.324 bits per heavy atom. The Labute approximate surface area is 853 Å². The first-order chi connectivity index (χ1) is 71.5. The number of rotatable bonds is 31. The maximum atomic E-state index is 13.1. The van der Waals surface area contributed by atoms with Gasteiger partial charge in [0.05, 0.1) is 123 Å². The van der Waals surface area contributed by atoms with E-state index >= 15 is 0 Å². The van der Waals surface area contributed by atoms with Crippen molar-refractivity contribution in [3.63, 3.8) is 0 Å². The van der Waals surface area contributed by atoms with E-state index in [0.717, 1.165) is 101 Å². The average molecular weight is 2000 g/mol. The fraction of sp³-hybridized carbons (Fsp3) is 0.400. The summed E-state index contributed by atoms with van der Waals surface area (Å²) in [6, 6.07) is 53.4. The third-order valence-corrected chi connectivity index (χ3v) is 33.7. The van der Waals surface area contributed by atoms with Crippen LogP contribution < -0.4 is 94.1 Å². The molecule has 148 heavy (non-hydrogen) atoms. The monoisotopic (exact) mass is 2000 g/mol. The molecule has 33 nitrogen and oxygen atoms in total. The zero-order chi connectivity index (χ0) is 102. The number of nitrogens with zero attached hydrogens (tertiary/aromatic N) is 6. The molecule has 7 N–H and O–H groups in total. The zero-order valence-corrected chi connectivity index (χ0v) is 83.6. The number of anilines is 4. The molecule has 2 atom stereocenters. The number of amides is 8. The highest BCUT2D eigenvalue weighted by molar-refractivity contribution is 6.13. The van der Waals surface area contributed by atoms with Crippen molar-refractivity contribution in [1.29, 1.82) is 5.26 Å². The minimum atomic E-state index is -1.03. The van der Waals surface area contributed by atoms with Gasteiger partial charge in [-0.1, -0.05) is 0 Å². The second-order valence-corrected chi connectivity index (χ2v) is 43.6. The Morgan fingerprint density at radius 3 is 0.919 bits per heavy atom.